The second-order valence-electron chi connectivity index (χ2n) is 9.67. The first kappa shape index (κ1) is 21.2. The maximum absolute atomic E-state index is 6.06. The lowest BCUT2D eigenvalue weighted by Crippen LogP contribution is -2.18. The van der Waals surface area contributed by atoms with Crippen molar-refractivity contribution in [3.05, 3.63) is 57.6 Å². The van der Waals surface area contributed by atoms with Crippen LogP contribution in [0.1, 0.15) is 47.2 Å². The second kappa shape index (κ2) is 7.90. The zero-order valence-electron chi connectivity index (χ0n) is 19.2. The molecule has 0 saturated carbocycles. The first-order valence-corrected chi connectivity index (χ1v) is 10.9. The Balaban J connectivity index is 1.39. The molecule has 2 heterocycles. The Morgan fingerprint density at radius 2 is 0.967 bits per heavy atom. The van der Waals surface area contributed by atoms with Crippen molar-refractivity contribution in [2.45, 2.75) is 65.6 Å². The van der Waals surface area contributed by atoms with E-state index in [1.165, 1.54) is 33.4 Å². The largest absolute Gasteiger partial charge is 0.490 e. The molecule has 0 aliphatic carbocycles. The van der Waals surface area contributed by atoms with E-state index >= 15 is 0 Å². The van der Waals surface area contributed by atoms with Crippen molar-refractivity contribution >= 4 is 0 Å². The average molecular weight is 411 g/mol. The van der Waals surface area contributed by atoms with Gasteiger partial charge in [-0.2, -0.15) is 0 Å². The molecule has 0 bridgehead atoms. The molecule has 4 heteroatoms. The summed E-state index contributed by atoms with van der Waals surface area (Å²) in [7, 11) is 0. The Kier molecular flexibility index (Phi) is 5.58. The second-order valence-corrected chi connectivity index (χ2v) is 9.67. The maximum Gasteiger partial charge on any atom is 0.125 e. The molecule has 2 aliphatic rings. The number of hydrogen-bond acceptors (Lipinski definition) is 4. The van der Waals surface area contributed by atoms with Gasteiger partial charge in [-0.1, -0.05) is 24.3 Å². The van der Waals surface area contributed by atoms with Crippen molar-refractivity contribution in [1.82, 2.24) is 0 Å². The van der Waals surface area contributed by atoms with E-state index < -0.39 is 0 Å². The van der Waals surface area contributed by atoms with Crippen molar-refractivity contribution in [1.29, 1.82) is 0 Å². The third-order valence-electron chi connectivity index (χ3n) is 6.06. The molecule has 2 aromatic rings. The van der Waals surface area contributed by atoms with Gasteiger partial charge in [-0.3, -0.25) is 0 Å². The highest BCUT2D eigenvalue weighted by Crippen LogP contribution is 2.32. The van der Waals surface area contributed by atoms with Gasteiger partial charge in [0, 0.05) is 0 Å². The third-order valence-corrected chi connectivity index (χ3v) is 6.06. The molecular weight excluding hydrogens is 376 g/mol. The van der Waals surface area contributed by atoms with Crippen LogP contribution in [0, 0.1) is 27.7 Å². The minimum Gasteiger partial charge on any atom is -0.490 e. The van der Waals surface area contributed by atoms with Gasteiger partial charge >= 0.3 is 0 Å². The summed E-state index contributed by atoms with van der Waals surface area (Å²) in [4.78, 5) is 0. The Morgan fingerprint density at radius 1 is 0.667 bits per heavy atom. The summed E-state index contributed by atoms with van der Waals surface area (Å²) in [6.45, 7) is 15.5. The Hall–Kier alpha value is -2.04. The molecule has 2 aromatic carbocycles. The van der Waals surface area contributed by atoms with E-state index in [4.69, 9.17) is 18.9 Å². The molecule has 2 fully saturated rings. The molecule has 0 aromatic heterocycles. The van der Waals surface area contributed by atoms with Crippen LogP contribution in [-0.2, 0) is 22.3 Å². The van der Waals surface area contributed by atoms with Gasteiger partial charge in [-0.25, -0.2) is 0 Å². The lowest BCUT2D eigenvalue weighted by Gasteiger charge is -2.17. The van der Waals surface area contributed by atoms with Crippen LogP contribution in [0.5, 0.6) is 11.5 Å². The van der Waals surface area contributed by atoms with Gasteiger partial charge < -0.3 is 18.9 Å². The van der Waals surface area contributed by atoms with Crippen molar-refractivity contribution in [3.63, 3.8) is 0 Å². The van der Waals surface area contributed by atoms with Crippen LogP contribution in [0.4, 0.5) is 0 Å². The summed E-state index contributed by atoms with van der Waals surface area (Å²) in [6.07, 6.45) is 2.02. The Morgan fingerprint density at radius 3 is 1.23 bits per heavy atom. The number of rotatable bonds is 9. The fraction of sp³-hybridized carbons (Fsp3) is 0.538. The fourth-order valence-electron chi connectivity index (χ4n) is 3.98. The van der Waals surface area contributed by atoms with Crippen LogP contribution >= 0.6 is 0 Å². The van der Waals surface area contributed by atoms with E-state index in [0.29, 0.717) is 13.2 Å². The van der Waals surface area contributed by atoms with Gasteiger partial charge in [0.1, 0.15) is 35.9 Å². The highest BCUT2D eigenvalue weighted by molar-refractivity contribution is 5.45. The maximum atomic E-state index is 6.06. The first-order valence-electron chi connectivity index (χ1n) is 10.9. The minimum absolute atomic E-state index is 0.0907. The summed E-state index contributed by atoms with van der Waals surface area (Å²) in [5.74, 6) is 1.99. The Bertz CT molecular complexity index is 815. The van der Waals surface area contributed by atoms with Gasteiger partial charge in [-0.05, 0) is 87.8 Å². The van der Waals surface area contributed by atoms with Crippen LogP contribution in [-0.4, -0.2) is 37.6 Å². The molecule has 4 nitrogen and oxygen atoms in total. The van der Waals surface area contributed by atoms with Crippen LogP contribution < -0.4 is 9.47 Å². The van der Waals surface area contributed by atoms with Crippen LogP contribution in [0.15, 0.2) is 24.3 Å². The number of benzene rings is 2. The van der Waals surface area contributed by atoms with E-state index in [9.17, 15) is 0 Å². The van der Waals surface area contributed by atoms with Crippen LogP contribution in [0.3, 0.4) is 0 Å². The lowest BCUT2D eigenvalue weighted by atomic mass is 9.97. The lowest BCUT2D eigenvalue weighted by molar-refractivity contribution is 0.201. The Labute approximate surface area is 180 Å². The predicted molar refractivity (Wildman–Crippen MR) is 119 cm³/mol. The van der Waals surface area contributed by atoms with Gasteiger partial charge in [0.25, 0.3) is 0 Å². The van der Waals surface area contributed by atoms with E-state index in [-0.39, 0.29) is 11.2 Å². The molecule has 0 spiro atoms. The summed E-state index contributed by atoms with van der Waals surface area (Å²) in [5, 5.41) is 0. The van der Waals surface area contributed by atoms with E-state index in [0.717, 1.165) is 37.6 Å². The fourth-order valence-corrected chi connectivity index (χ4v) is 3.98. The van der Waals surface area contributed by atoms with Crippen LogP contribution in [0.25, 0.3) is 0 Å². The first-order chi connectivity index (χ1) is 14.2. The number of aryl methyl sites for hydroxylation is 6. The smallest absolute Gasteiger partial charge is 0.125 e. The minimum atomic E-state index is -0.0907. The highest BCUT2D eigenvalue weighted by atomic mass is 16.6. The standard InChI is InChI=1S/C26H34O4/c1-17-9-21(10-18(2)23(17)27-13-25(5)15-29-25)7-8-22-11-19(3)24(20(4)12-22)28-14-26(6)16-30-26/h9-12H,7-8,13-16H2,1-6H3. The van der Waals surface area contributed by atoms with Gasteiger partial charge in [0.2, 0.25) is 0 Å². The van der Waals surface area contributed by atoms with Crippen molar-refractivity contribution < 1.29 is 18.9 Å². The molecule has 2 saturated heterocycles. The van der Waals surface area contributed by atoms with Gasteiger partial charge in [0.15, 0.2) is 0 Å². The zero-order chi connectivity index (χ0) is 21.5. The molecule has 2 aliphatic heterocycles. The molecule has 2 unspecified atom stereocenters. The molecule has 162 valence electrons. The predicted octanol–water partition coefficient (Wildman–Crippen LogP) is 5.04. The summed E-state index contributed by atoms with van der Waals surface area (Å²) in [5.41, 5.74) is 7.30. The monoisotopic (exact) mass is 410 g/mol. The number of epoxide rings is 2. The normalized spacial score (nSPS) is 24.6. The molecule has 2 atom stereocenters. The van der Waals surface area contributed by atoms with E-state index in [1.54, 1.807) is 0 Å². The molecule has 0 N–H and O–H groups in total. The quantitative estimate of drug-likeness (QED) is 0.543. The number of ether oxygens (including phenoxy) is 4. The highest BCUT2D eigenvalue weighted by Gasteiger charge is 2.41. The van der Waals surface area contributed by atoms with Gasteiger partial charge in [-0.15, -0.1) is 0 Å². The summed E-state index contributed by atoms with van der Waals surface area (Å²) < 4.78 is 23.0. The molecule has 30 heavy (non-hydrogen) atoms. The van der Waals surface area contributed by atoms with Crippen molar-refractivity contribution in [2.75, 3.05) is 26.4 Å². The third kappa shape index (κ3) is 4.98. The van der Waals surface area contributed by atoms with Gasteiger partial charge in [0.05, 0.1) is 13.2 Å². The van der Waals surface area contributed by atoms with E-state index in [2.05, 4.69) is 65.8 Å². The van der Waals surface area contributed by atoms with E-state index in [1.807, 2.05) is 0 Å². The number of hydrogen-bond donors (Lipinski definition) is 0. The topological polar surface area (TPSA) is 43.5 Å². The molecule has 0 amide bonds. The molecular formula is C26H34O4. The summed E-state index contributed by atoms with van der Waals surface area (Å²) in [6, 6.07) is 9.02. The van der Waals surface area contributed by atoms with Crippen LogP contribution in [0.2, 0.25) is 0 Å². The average Bonchev–Trinajstić information content (AvgIpc) is 3.58. The summed E-state index contributed by atoms with van der Waals surface area (Å²) >= 11 is 0. The van der Waals surface area contributed by atoms with Crippen molar-refractivity contribution in [2.24, 2.45) is 0 Å². The molecule has 0 radical (unpaired) electrons. The zero-order valence-corrected chi connectivity index (χ0v) is 19.2. The molecule has 4 rings (SSSR count). The SMILES string of the molecule is Cc1cc(CCc2cc(C)c(OCC3(C)CO3)c(C)c2)cc(C)c1OCC1(C)CO1. The van der Waals surface area contributed by atoms with Crippen molar-refractivity contribution in [3.8, 4) is 11.5 Å².